The summed E-state index contributed by atoms with van der Waals surface area (Å²) in [5.74, 6) is 1.79. The van der Waals surface area contributed by atoms with Crippen molar-refractivity contribution in [3.63, 3.8) is 0 Å². The van der Waals surface area contributed by atoms with Crippen molar-refractivity contribution in [2.24, 2.45) is 0 Å². The molecular weight excluding hydrogens is 192 g/mol. The fourth-order valence-corrected chi connectivity index (χ4v) is 2.01. The number of nitrogens with zero attached hydrogens (tertiary/aromatic N) is 2. The Morgan fingerprint density at radius 1 is 1.27 bits per heavy atom. The minimum atomic E-state index is 0.766. The van der Waals surface area contributed by atoms with Crippen LogP contribution in [0.2, 0.25) is 0 Å². The molecule has 4 nitrogen and oxygen atoms in total. The Bertz CT molecular complexity index is 340. The third-order valence-corrected chi connectivity index (χ3v) is 3.08. The lowest BCUT2D eigenvalue weighted by molar-refractivity contribution is -0.930. The first-order valence-electron chi connectivity index (χ1n) is 5.43. The van der Waals surface area contributed by atoms with Crippen molar-refractivity contribution in [3.8, 4) is 0 Å². The van der Waals surface area contributed by atoms with E-state index in [-0.39, 0.29) is 0 Å². The van der Waals surface area contributed by atoms with Crippen LogP contribution in [0.4, 0.5) is 0 Å². The third kappa shape index (κ3) is 2.38. The minimum Gasteiger partial charge on any atom is -0.440 e. The first kappa shape index (κ1) is 10.6. The minimum absolute atomic E-state index is 0.766. The monoisotopic (exact) mass is 211 g/mol. The molecule has 1 aromatic rings. The second-order valence-corrected chi connectivity index (χ2v) is 4.58. The fourth-order valence-electron chi connectivity index (χ4n) is 2.01. The maximum Gasteiger partial charge on any atom is 0.191 e. The summed E-state index contributed by atoms with van der Waals surface area (Å²) >= 11 is 0. The number of quaternary nitrogens is 1. The highest BCUT2D eigenvalue weighted by Crippen LogP contribution is 2.18. The van der Waals surface area contributed by atoms with Gasteiger partial charge in [-0.1, -0.05) is 0 Å². The molecule has 0 aliphatic carbocycles. The van der Waals surface area contributed by atoms with Crippen LogP contribution in [0.5, 0.6) is 0 Å². The molecule has 2 heterocycles. The van der Waals surface area contributed by atoms with Gasteiger partial charge < -0.3 is 13.6 Å². The van der Waals surface area contributed by atoms with Crippen molar-refractivity contribution in [2.75, 3.05) is 33.4 Å². The molecule has 0 N–H and O–H groups in total. The zero-order valence-electron chi connectivity index (χ0n) is 9.75. The van der Waals surface area contributed by atoms with E-state index in [1.165, 1.54) is 0 Å². The molecule has 0 bridgehead atoms. The van der Waals surface area contributed by atoms with Gasteiger partial charge in [0, 0.05) is 6.92 Å². The molecule has 0 saturated carbocycles. The third-order valence-electron chi connectivity index (χ3n) is 3.08. The Kier molecular flexibility index (Phi) is 2.80. The molecule has 0 aromatic carbocycles. The lowest BCUT2D eigenvalue weighted by Gasteiger charge is -2.36. The smallest absolute Gasteiger partial charge is 0.191 e. The van der Waals surface area contributed by atoms with Crippen LogP contribution in [-0.4, -0.2) is 42.8 Å². The van der Waals surface area contributed by atoms with E-state index in [0.29, 0.717) is 0 Å². The van der Waals surface area contributed by atoms with E-state index in [1.807, 2.05) is 13.8 Å². The molecule has 0 atom stereocenters. The Hall–Kier alpha value is -0.870. The normalized spacial score (nSPS) is 20.5. The molecule has 4 heteroatoms. The lowest BCUT2D eigenvalue weighted by Crippen LogP contribution is -2.51. The largest absolute Gasteiger partial charge is 0.440 e. The van der Waals surface area contributed by atoms with Gasteiger partial charge in [-0.25, -0.2) is 4.98 Å². The summed E-state index contributed by atoms with van der Waals surface area (Å²) in [6.45, 7) is 8.65. The molecule has 1 aliphatic heterocycles. The van der Waals surface area contributed by atoms with Crippen molar-refractivity contribution >= 4 is 0 Å². The molecule has 1 aromatic heterocycles. The van der Waals surface area contributed by atoms with Crippen molar-refractivity contribution in [1.82, 2.24) is 4.98 Å². The van der Waals surface area contributed by atoms with Crippen molar-refractivity contribution in [1.29, 1.82) is 0 Å². The predicted molar refractivity (Wildman–Crippen MR) is 56.4 cm³/mol. The van der Waals surface area contributed by atoms with E-state index >= 15 is 0 Å². The van der Waals surface area contributed by atoms with Crippen LogP contribution < -0.4 is 0 Å². The van der Waals surface area contributed by atoms with Crippen LogP contribution in [0.15, 0.2) is 4.42 Å². The lowest BCUT2D eigenvalue weighted by atomic mass is 10.2. The highest BCUT2D eigenvalue weighted by atomic mass is 16.5. The number of ether oxygens (including phenoxy) is 1. The van der Waals surface area contributed by atoms with Gasteiger partial charge in [0.15, 0.2) is 11.7 Å². The zero-order chi connectivity index (χ0) is 10.9. The number of aromatic nitrogens is 1. The SMILES string of the molecule is Cc1nc(C)c(C[N+]2(C)CCOCC2)o1. The van der Waals surface area contributed by atoms with Gasteiger partial charge >= 0.3 is 0 Å². The molecule has 0 radical (unpaired) electrons. The van der Waals surface area contributed by atoms with Gasteiger partial charge in [0.05, 0.1) is 26.0 Å². The Morgan fingerprint density at radius 3 is 2.47 bits per heavy atom. The van der Waals surface area contributed by atoms with Crippen LogP contribution in [0, 0.1) is 13.8 Å². The Labute approximate surface area is 90.4 Å². The van der Waals surface area contributed by atoms with Gasteiger partial charge in [0.2, 0.25) is 0 Å². The highest BCUT2D eigenvalue weighted by molar-refractivity contribution is 5.05. The summed E-state index contributed by atoms with van der Waals surface area (Å²) in [6, 6.07) is 0. The summed E-state index contributed by atoms with van der Waals surface area (Å²) in [5, 5.41) is 0. The van der Waals surface area contributed by atoms with E-state index in [1.54, 1.807) is 0 Å². The van der Waals surface area contributed by atoms with Crippen molar-refractivity contribution in [2.45, 2.75) is 20.4 Å². The molecule has 1 aliphatic rings. The molecule has 84 valence electrons. The van der Waals surface area contributed by atoms with Crippen LogP contribution in [0.3, 0.4) is 0 Å². The van der Waals surface area contributed by atoms with E-state index in [0.717, 1.165) is 54.7 Å². The van der Waals surface area contributed by atoms with E-state index in [4.69, 9.17) is 9.15 Å². The molecule has 15 heavy (non-hydrogen) atoms. The zero-order valence-corrected chi connectivity index (χ0v) is 9.75. The fraction of sp³-hybridized carbons (Fsp3) is 0.727. The maximum absolute atomic E-state index is 5.61. The van der Waals surface area contributed by atoms with E-state index in [9.17, 15) is 0 Å². The summed E-state index contributed by atoms with van der Waals surface area (Å²) in [6.07, 6.45) is 0. The number of oxazole rings is 1. The Balaban J connectivity index is 2.09. The van der Waals surface area contributed by atoms with Crippen LogP contribution >= 0.6 is 0 Å². The van der Waals surface area contributed by atoms with Crippen molar-refractivity contribution < 1.29 is 13.6 Å². The van der Waals surface area contributed by atoms with Crippen LogP contribution in [0.25, 0.3) is 0 Å². The van der Waals surface area contributed by atoms with E-state index < -0.39 is 0 Å². The quantitative estimate of drug-likeness (QED) is 0.691. The number of hydrogen-bond acceptors (Lipinski definition) is 3. The van der Waals surface area contributed by atoms with Gasteiger partial charge in [0.25, 0.3) is 0 Å². The molecule has 2 rings (SSSR count). The Morgan fingerprint density at radius 2 is 1.93 bits per heavy atom. The highest BCUT2D eigenvalue weighted by Gasteiger charge is 2.28. The maximum atomic E-state index is 5.61. The van der Waals surface area contributed by atoms with Crippen molar-refractivity contribution in [3.05, 3.63) is 17.3 Å². The second kappa shape index (κ2) is 3.94. The average molecular weight is 211 g/mol. The first-order chi connectivity index (χ1) is 7.09. The second-order valence-electron chi connectivity index (χ2n) is 4.58. The summed E-state index contributed by atoms with van der Waals surface area (Å²) < 4.78 is 12.0. The van der Waals surface area contributed by atoms with Gasteiger partial charge in [0.1, 0.15) is 19.6 Å². The molecule has 1 saturated heterocycles. The molecule has 0 unspecified atom stereocenters. The molecule has 0 spiro atoms. The van der Waals surface area contributed by atoms with Crippen LogP contribution in [0.1, 0.15) is 17.3 Å². The number of aryl methyl sites for hydroxylation is 2. The standard InChI is InChI=1S/C11H19N2O2/c1-9-11(15-10(2)12-9)8-13(3)4-6-14-7-5-13/h4-8H2,1-3H3/q+1. The molecular formula is C11H19N2O2+. The number of rotatable bonds is 2. The molecule has 0 amide bonds. The van der Waals surface area contributed by atoms with Gasteiger partial charge in [-0.05, 0) is 6.92 Å². The van der Waals surface area contributed by atoms with Gasteiger partial charge in [-0.15, -0.1) is 0 Å². The number of morpholine rings is 1. The van der Waals surface area contributed by atoms with Gasteiger partial charge in [-0.3, -0.25) is 0 Å². The average Bonchev–Trinajstić information content (AvgIpc) is 2.45. The number of hydrogen-bond donors (Lipinski definition) is 0. The summed E-state index contributed by atoms with van der Waals surface area (Å²) in [5.41, 5.74) is 1.03. The predicted octanol–water partition coefficient (Wildman–Crippen LogP) is 1.27. The molecule has 1 fully saturated rings. The topological polar surface area (TPSA) is 35.3 Å². The van der Waals surface area contributed by atoms with Gasteiger partial charge in [-0.2, -0.15) is 0 Å². The first-order valence-corrected chi connectivity index (χ1v) is 5.43. The van der Waals surface area contributed by atoms with E-state index in [2.05, 4.69) is 12.0 Å². The summed E-state index contributed by atoms with van der Waals surface area (Å²) in [7, 11) is 2.25. The summed E-state index contributed by atoms with van der Waals surface area (Å²) in [4.78, 5) is 4.30. The number of likely N-dealkylation sites (N-methyl/N-ethyl adjacent to an activating group) is 1. The van der Waals surface area contributed by atoms with Crippen LogP contribution in [-0.2, 0) is 11.3 Å².